The van der Waals surface area contributed by atoms with Crippen LogP contribution >= 0.6 is 11.6 Å². The Morgan fingerprint density at radius 1 is 1.05 bits per heavy atom. The van der Waals surface area contributed by atoms with Gasteiger partial charge >= 0.3 is 23.5 Å². The smallest absolute Gasteiger partial charge is 0.434 e. The second-order valence-electron chi connectivity index (χ2n) is 8.55. The molecule has 40 heavy (non-hydrogen) atoms. The van der Waals surface area contributed by atoms with Crippen LogP contribution in [0.5, 0.6) is 11.6 Å². The first kappa shape index (κ1) is 28.3. The van der Waals surface area contributed by atoms with Crippen molar-refractivity contribution in [3.8, 4) is 11.6 Å². The molecule has 2 aromatic heterocycles. The van der Waals surface area contributed by atoms with Crippen molar-refractivity contribution in [2.75, 3.05) is 5.32 Å². The lowest BCUT2D eigenvalue weighted by Gasteiger charge is -2.17. The topological polar surface area (TPSA) is 141 Å². The molecule has 0 radical (unpaired) electrons. The van der Waals surface area contributed by atoms with Gasteiger partial charge in [0.1, 0.15) is 5.75 Å². The number of rotatable bonds is 9. The first-order valence-corrected chi connectivity index (χ1v) is 11.9. The lowest BCUT2D eigenvalue weighted by atomic mass is 10.2. The highest BCUT2D eigenvalue weighted by Gasteiger charge is 2.32. The first-order valence-electron chi connectivity index (χ1n) is 11.5. The number of nitrogens with zero attached hydrogens (tertiary/aromatic N) is 5. The van der Waals surface area contributed by atoms with Crippen LogP contribution in [0.25, 0.3) is 0 Å². The molecule has 0 amide bonds. The lowest BCUT2D eigenvalue weighted by Crippen LogP contribution is -2.44. The van der Waals surface area contributed by atoms with Gasteiger partial charge in [-0.15, -0.1) is 0 Å². The number of halogens is 4. The SMILES string of the molecule is CC(Cn1c(=O)nc(Nc2ccc(Oc3cnc(C(F)(F)F)cn3)cc2)n(Cc2ccc(Cl)cc2)c1=O)C(=O)O. The summed E-state index contributed by atoms with van der Waals surface area (Å²) in [5.41, 5.74) is -1.82. The van der Waals surface area contributed by atoms with E-state index in [2.05, 4.69) is 20.3 Å². The van der Waals surface area contributed by atoms with Gasteiger partial charge in [-0.2, -0.15) is 18.2 Å². The van der Waals surface area contributed by atoms with Gasteiger partial charge in [-0.3, -0.25) is 9.36 Å². The maximum absolute atomic E-state index is 13.3. The molecule has 11 nitrogen and oxygen atoms in total. The number of nitrogens with one attached hydrogen (secondary N) is 1. The van der Waals surface area contributed by atoms with Crippen molar-refractivity contribution in [2.45, 2.75) is 26.2 Å². The maximum atomic E-state index is 13.3. The van der Waals surface area contributed by atoms with Crippen LogP contribution in [-0.4, -0.2) is 35.2 Å². The molecule has 4 aromatic rings. The molecule has 0 saturated heterocycles. The predicted molar refractivity (Wildman–Crippen MR) is 137 cm³/mol. The van der Waals surface area contributed by atoms with Crippen LogP contribution in [0.4, 0.5) is 24.8 Å². The van der Waals surface area contributed by atoms with Crippen LogP contribution < -0.4 is 21.4 Å². The fourth-order valence-electron chi connectivity index (χ4n) is 3.42. The summed E-state index contributed by atoms with van der Waals surface area (Å²) in [4.78, 5) is 48.1. The summed E-state index contributed by atoms with van der Waals surface area (Å²) in [7, 11) is 0. The van der Waals surface area contributed by atoms with Gasteiger partial charge in [-0.05, 0) is 42.0 Å². The largest absolute Gasteiger partial charge is 0.481 e. The molecule has 0 saturated carbocycles. The molecule has 1 atom stereocenters. The molecule has 0 bridgehead atoms. The van der Waals surface area contributed by atoms with E-state index in [9.17, 15) is 32.7 Å². The summed E-state index contributed by atoms with van der Waals surface area (Å²) < 4.78 is 45.4. The van der Waals surface area contributed by atoms with E-state index in [1.807, 2.05) is 0 Å². The predicted octanol–water partition coefficient (Wildman–Crippen LogP) is 4.17. The van der Waals surface area contributed by atoms with Crippen LogP contribution in [0, 0.1) is 5.92 Å². The van der Waals surface area contributed by atoms with E-state index in [4.69, 9.17) is 16.3 Å². The van der Waals surface area contributed by atoms with Gasteiger partial charge in [-0.25, -0.2) is 24.1 Å². The van der Waals surface area contributed by atoms with Crippen molar-refractivity contribution in [3.63, 3.8) is 0 Å². The first-order chi connectivity index (χ1) is 18.9. The molecule has 0 aliphatic carbocycles. The van der Waals surface area contributed by atoms with Crippen LogP contribution in [0.2, 0.25) is 5.02 Å². The number of anilines is 2. The molecule has 2 heterocycles. The van der Waals surface area contributed by atoms with Gasteiger partial charge in [0.15, 0.2) is 5.69 Å². The highest BCUT2D eigenvalue weighted by Crippen LogP contribution is 2.28. The number of benzene rings is 2. The van der Waals surface area contributed by atoms with Crippen molar-refractivity contribution < 1.29 is 27.8 Å². The molecule has 2 aromatic carbocycles. The van der Waals surface area contributed by atoms with Gasteiger partial charge in [-0.1, -0.05) is 30.7 Å². The third-order valence-electron chi connectivity index (χ3n) is 5.53. The van der Waals surface area contributed by atoms with Gasteiger partial charge in [0.25, 0.3) is 0 Å². The standard InChI is InChI=1S/C25H20ClF3N6O5/c1-14(21(36)37)12-35-23(38)33-22(34(24(35)39)13-15-2-4-16(26)5-3-15)32-17-6-8-18(9-7-17)40-20-11-30-19(10-31-20)25(27,28)29/h2-11,14H,12-13H2,1H3,(H,36,37)(H,32,33,38). The number of aliphatic carboxylic acids is 1. The van der Waals surface area contributed by atoms with Crippen molar-refractivity contribution in [1.29, 1.82) is 0 Å². The van der Waals surface area contributed by atoms with Crippen LogP contribution in [0.15, 0.2) is 70.5 Å². The van der Waals surface area contributed by atoms with Crippen molar-refractivity contribution in [1.82, 2.24) is 24.1 Å². The summed E-state index contributed by atoms with van der Waals surface area (Å²) in [5, 5.41) is 12.6. The Kier molecular flexibility index (Phi) is 8.18. The molecule has 0 fully saturated rings. The number of ether oxygens (including phenoxy) is 1. The minimum atomic E-state index is -4.63. The Morgan fingerprint density at radius 3 is 2.30 bits per heavy atom. The van der Waals surface area contributed by atoms with Crippen molar-refractivity contribution >= 4 is 29.2 Å². The van der Waals surface area contributed by atoms with Crippen LogP contribution in [0.3, 0.4) is 0 Å². The highest BCUT2D eigenvalue weighted by molar-refractivity contribution is 6.30. The number of aromatic nitrogens is 5. The molecule has 0 aliphatic rings. The molecule has 2 N–H and O–H groups in total. The molecular weight excluding hydrogens is 557 g/mol. The van der Waals surface area contributed by atoms with Gasteiger partial charge in [0.05, 0.1) is 24.9 Å². The number of alkyl halides is 3. The van der Waals surface area contributed by atoms with Gasteiger partial charge < -0.3 is 15.2 Å². The summed E-state index contributed by atoms with van der Waals surface area (Å²) in [6, 6.07) is 12.6. The average Bonchev–Trinajstić information content (AvgIpc) is 2.90. The fourth-order valence-corrected chi connectivity index (χ4v) is 3.55. The third-order valence-corrected chi connectivity index (χ3v) is 5.79. The Morgan fingerprint density at radius 2 is 1.73 bits per heavy atom. The number of hydrogen-bond donors (Lipinski definition) is 2. The van der Waals surface area contributed by atoms with E-state index in [-0.39, 0.29) is 30.7 Å². The summed E-state index contributed by atoms with van der Waals surface area (Å²) in [6.07, 6.45) is -3.23. The molecule has 1 unspecified atom stereocenters. The quantitative estimate of drug-likeness (QED) is 0.300. The normalized spacial score (nSPS) is 12.1. The van der Waals surface area contributed by atoms with Crippen LogP contribution in [-0.2, 0) is 24.1 Å². The van der Waals surface area contributed by atoms with Crippen molar-refractivity contribution in [3.05, 3.63) is 98.2 Å². The Bertz CT molecular complexity index is 1620. The van der Waals surface area contributed by atoms with E-state index in [0.29, 0.717) is 22.5 Å². The molecular formula is C25H20ClF3N6O5. The monoisotopic (exact) mass is 576 g/mol. The minimum Gasteiger partial charge on any atom is -0.481 e. The minimum absolute atomic E-state index is 0.0130. The van der Waals surface area contributed by atoms with Crippen molar-refractivity contribution in [2.24, 2.45) is 5.92 Å². The molecule has 0 aliphatic heterocycles. The average molecular weight is 577 g/mol. The zero-order valence-electron chi connectivity index (χ0n) is 20.6. The third kappa shape index (κ3) is 6.83. The van der Waals surface area contributed by atoms with Gasteiger partial charge in [0.2, 0.25) is 11.8 Å². The molecule has 15 heteroatoms. The van der Waals surface area contributed by atoms with E-state index < -0.39 is 35.1 Å². The number of carbonyl (C=O) groups is 1. The van der Waals surface area contributed by atoms with E-state index >= 15 is 0 Å². The summed E-state index contributed by atoms with van der Waals surface area (Å²) in [5.74, 6) is -2.23. The zero-order valence-corrected chi connectivity index (χ0v) is 21.3. The Labute approximate surface area is 228 Å². The Hall–Kier alpha value is -4.72. The maximum Gasteiger partial charge on any atom is 0.434 e. The van der Waals surface area contributed by atoms with E-state index in [1.165, 1.54) is 35.8 Å². The second-order valence-corrected chi connectivity index (χ2v) is 8.99. The van der Waals surface area contributed by atoms with E-state index in [0.717, 1.165) is 10.8 Å². The fraction of sp³-hybridized carbons (Fsp3) is 0.200. The zero-order chi connectivity index (χ0) is 29.0. The van der Waals surface area contributed by atoms with Gasteiger partial charge in [0, 0.05) is 17.3 Å². The molecule has 0 spiro atoms. The lowest BCUT2D eigenvalue weighted by molar-refractivity contribution is -0.142. The summed E-state index contributed by atoms with van der Waals surface area (Å²) in [6.45, 7) is 0.977. The van der Waals surface area contributed by atoms with E-state index in [1.54, 1.807) is 24.3 Å². The number of carboxylic acids is 1. The Balaban J connectivity index is 1.61. The second kappa shape index (κ2) is 11.6. The number of hydrogen-bond acceptors (Lipinski definition) is 8. The van der Waals surface area contributed by atoms with Crippen LogP contribution in [0.1, 0.15) is 18.2 Å². The molecule has 4 rings (SSSR count). The highest BCUT2D eigenvalue weighted by atomic mass is 35.5. The number of carboxylic acid groups (broad SMARTS) is 1. The molecule has 208 valence electrons. The summed E-state index contributed by atoms with van der Waals surface area (Å²) >= 11 is 5.95.